The summed E-state index contributed by atoms with van der Waals surface area (Å²) in [4.78, 5) is 23.9. The first-order valence-corrected chi connectivity index (χ1v) is 6.39. The molecule has 1 fully saturated rings. The lowest BCUT2D eigenvalue weighted by Gasteiger charge is -2.27. The molecular formula is C11H14N4O2S. The van der Waals surface area contributed by atoms with Crippen LogP contribution in [0.2, 0.25) is 0 Å². The highest BCUT2D eigenvalue weighted by atomic mass is 32.1. The van der Waals surface area contributed by atoms with Crippen LogP contribution >= 0.6 is 12.6 Å². The van der Waals surface area contributed by atoms with Crippen LogP contribution in [0.4, 0.5) is 16.6 Å². The van der Waals surface area contributed by atoms with Gasteiger partial charge >= 0.3 is 0 Å². The highest BCUT2D eigenvalue weighted by molar-refractivity contribution is 7.96. The van der Waals surface area contributed by atoms with Gasteiger partial charge in [-0.25, -0.2) is 4.98 Å². The second-order valence-electron chi connectivity index (χ2n) is 4.30. The number of fused-ring (bicyclic) bond motifs is 1. The fourth-order valence-corrected chi connectivity index (χ4v) is 2.43. The summed E-state index contributed by atoms with van der Waals surface area (Å²) in [6.07, 6.45) is 2.61. The van der Waals surface area contributed by atoms with Crippen molar-refractivity contribution >= 4 is 29.6 Å². The largest absolute Gasteiger partial charge is 0.378 e. The summed E-state index contributed by atoms with van der Waals surface area (Å²) in [5, 5.41) is -0.264. The van der Waals surface area contributed by atoms with Crippen LogP contribution < -0.4 is 9.80 Å². The maximum atomic E-state index is 11.4. The van der Waals surface area contributed by atoms with Gasteiger partial charge in [0.05, 0.1) is 13.2 Å². The molecule has 7 heteroatoms. The Kier molecular flexibility index (Phi) is 3.09. The minimum atomic E-state index is -0.264. The number of amides is 1. The Bertz CT molecular complexity index is 476. The van der Waals surface area contributed by atoms with Crippen LogP contribution in [-0.2, 0) is 11.2 Å². The molecule has 96 valence electrons. The molecule has 2 aliphatic rings. The molecule has 1 saturated heterocycles. The number of thiol groups is 1. The van der Waals surface area contributed by atoms with E-state index in [9.17, 15) is 4.79 Å². The number of anilines is 2. The van der Waals surface area contributed by atoms with E-state index in [1.807, 2.05) is 6.20 Å². The maximum Gasteiger partial charge on any atom is 0.284 e. The van der Waals surface area contributed by atoms with Crippen molar-refractivity contribution in [1.29, 1.82) is 0 Å². The van der Waals surface area contributed by atoms with Crippen molar-refractivity contribution < 1.29 is 9.53 Å². The second kappa shape index (κ2) is 4.74. The summed E-state index contributed by atoms with van der Waals surface area (Å²) < 4.78 is 5.30. The monoisotopic (exact) mass is 266 g/mol. The lowest BCUT2D eigenvalue weighted by atomic mass is 10.3. The van der Waals surface area contributed by atoms with Crippen LogP contribution in [-0.4, -0.2) is 48.1 Å². The van der Waals surface area contributed by atoms with Crippen LogP contribution in [0, 0.1) is 0 Å². The predicted molar refractivity (Wildman–Crippen MR) is 70.5 cm³/mol. The number of hydrogen-bond acceptors (Lipinski definition) is 5. The van der Waals surface area contributed by atoms with Crippen molar-refractivity contribution in [2.75, 3.05) is 42.6 Å². The number of carbonyl (C=O) groups excluding carboxylic acids is 1. The molecule has 0 saturated carbocycles. The highest BCUT2D eigenvalue weighted by Gasteiger charge is 2.26. The van der Waals surface area contributed by atoms with E-state index in [1.165, 1.54) is 0 Å². The minimum absolute atomic E-state index is 0.264. The first kappa shape index (κ1) is 11.7. The van der Waals surface area contributed by atoms with Gasteiger partial charge in [-0.3, -0.25) is 9.69 Å². The Morgan fingerprint density at radius 3 is 2.83 bits per heavy atom. The number of hydrogen-bond donors (Lipinski definition) is 1. The maximum absolute atomic E-state index is 11.4. The van der Waals surface area contributed by atoms with Gasteiger partial charge in [-0.1, -0.05) is 12.6 Å². The molecule has 0 bridgehead atoms. The van der Waals surface area contributed by atoms with E-state index in [0.717, 1.165) is 25.1 Å². The first-order valence-electron chi connectivity index (χ1n) is 5.95. The number of carbonyl (C=O) groups is 1. The van der Waals surface area contributed by atoms with Gasteiger partial charge < -0.3 is 9.64 Å². The Labute approximate surface area is 110 Å². The zero-order valence-corrected chi connectivity index (χ0v) is 10.8. The van der Waals surface area contributed by atoms with Gasteiger partial charge in [0.15, 0.2) is 0 Å². The molecule has 1 amide bonds. The molecule has 0 N–H and O–H groups in total. The van der Waals surface area contributed by atoms with Crippen LogP contribution in [0.5, 0.6) is 0 Å². The molecule has 3 heterocycles. The molecule has 1 aromatic heterocycles. The molecular weight excluding hydrogens is 252 g/mol. The van der Waals surface area contributed by atoms with E-state index in [4.69, 9.17) is 4.74 Å². The summed E-state index contributed by atoms with van der Waals surface area (Å²) in [6.45, 7) is 3.59. The van der Waals surface area contributed by atoms with E-state index in [0.29, 0.717) is 31.5 Å². The second-order valence-corrected chi connectivity index (χ2v) is 4.69. The van der Waals surface area contributed by atoms with E-state index in [2.05, 4.69) is 27.5 Å². The average Bonchev–Trinajstić information content (AvgIpc) is 2.82. The third kappa shape index (κ3) is 2.04. The topological polar surface area (TPSA) is 58.6 Å². The highest BCUT2D eigenvalue weighted by Crippen LogP contribution is 2.28. The van der Waals surface area contributed by atoms with Crippen molar-refractivity contribution in [3.05, 3.63) is 11.8 Å². The molecule has 18 heavy (non-hydrogen) atoms. The zero-order chi connectivity index (χ0) is 12.5. The molecule has 3 rings (SSSR count). The third-order valence-electron chi connectivity index (χ3n) is 3.21. The van der Waals surface area contributed by atoms with Crippen molar-refractivity contribution in [3.63, 3.8) is 0 Å². The lowest BCUT2D eigenvalue weighted by molar-refractivity contribution is 0.122. The summed E-state index contributed by atoms with van der Waals surface area (Å²) in [7, 11) is 0. The summed E-state index contributed by atoms with van der Waals surface area (Å²) in [5.74, 6) is 1.37. The van der Waals surface area contributed by atoms with Gasteiger partial charge in [-0.05, 0) is 6.42 Å². The van der Waals surface area contributed by atoms with Crippen LogP contribution in [0.25, 0.3) is 0 Å². The van der Waals surface area contributed by atoms with E-state index in [1.54, 1.807) is 4.90 Å². The number of ether oxygens (including phenoxy) is 1. The Balaban J connectivity index is 1.90. The molecule has 0 aromatic carbocycles. The summed E-state index contributed by atoms with van der Waals surface area (Å²) in [5.41, 5.74) is 1.01. The summed E-state index contributed by atoms with van der Waals surface area (Å²) >= 11 is 3.87. The first-order chi connectivity index (χ1) is 8.75. The number of aromatic nitrogens is 2. The standard InChI is InChI=1S/C11H14N4O2S/c16-11(18)15-2-1-8-7-12-10(13-9(8)15)14-3-5-17-6-4-14/h7H,1-6H2,(H,16,18). The number of rotatable bonds is 1. The fourth-order valence-electron chi connectivity index (χ4n) is 2.24. The Morgan fingerprint density at radius 2 is 2.11 bits per heavy atom. The van der Waals surface area contributed by atoms with Gasteiger partial charge in [0.2, 0.25) is 5.95 Å². The number of nitrogens with zero attached hydrogens (tertiary/aromatic N) is 4. The molecule has 2 aliphatic heterocycles. The van der Waals surface area contributed by atoms with Gasteiger partial charge in [0.1, 0.15) is 5.82 Å². The Hall–Kier alpha value is -1.34. The van der Waals surface area contributed by atoms with Crippen molar-refractivity contribution in [2.45, 2.75) is 6.42 Å². The summed E-state index contributed by atoms with van der Waals surface area (Å²) in [6, 6.07) is 0. The van der Waals surface area contributed by atoms with Crippen molar-refractivity contribution in [1.82, 2.24) is 9.97 Å². The molecule has 0 unspecified atom stereocenters. The third-order valence-corrected chi connectivity index (χ3v) is 3.46. The molecule has 0 radical (unpaired) electrons. The van der Waals surface area contributed by atoms with E-state index >= 15 is 0 Å². The van der Waals surface area contributed by atoms with Crippen LogP contribution in [0.1, 0.15) is 5.56 Å². The van der Waals surface area contributed by atoms with Gasteiger partial charge in [0.25, 0.3) is 5.24 Å². The molecule has 0 spiro atoms. The normalized spacial score (nSPS) is 18.9. The van der Waals surface area contributed by atoms with Crippen LogP contribution in [0.15, 0.2) is 6.20 Å². The van der Waals surface area contributed by atoms with Crippen LogP contribution in [0.3, 0.4) is 0 Å². The predicted octanol–water partition coefficient (Wildman–Crippen LogP) is 0.726. The molecule has 1 aromatic rings. The molecule has 0 aliphatic carbocycles. The van der Waals surface area contributed by atoms with Gasteiger partial charge in [-0.15, -0.1) is 0 Å². The lowest BCUT2D eigenvalue weighted by Crippen LogP contribution is -2.37. The Morgan fingerprint density at radius 1 is 1.33 bits per heavy atom. The molecule has 6 nitrogen and oxygen atoms in total. The number of morpholine rings is 1. The molecule has 0 atom stereocenters. The fraction of sp³-hybridized carbons (Fsp3) is 0.545. The quantitative estimate of drug-likeness (QED) is 0.759. The minimum Gasteiger partial charge on any atom is -0.378 e. The smallest absolute Gasteiger partial charge is 0.284 e. The van der Waals surface area contributed by atoms with Crippen molar-refractivity contribution in [3.8, 4) is 0 Å². The van der Waals surface area contributed by atoms with Gasteiger partial charge in [0, 0.05) is 31.4 Å². The zero-order valence-electron chi connectivity index (χ0n) is 9.87. The van der Waals surface area contributed by atoms with Gasteiger partial charge in [-0.2, -0.15) is 4.98 Å². The van der Waals surface area contributed by atoms with Crippen molar-refractivity contribution in [2.24, 2.45) is 0 Å². The van der Waals surface area contributed by atoms with E-state index < -0.39 is 0 Å². The average molecular weight is 266 g/mol. The SMILES string of the molecule is O=C(S)N1CCc2cnc(N3CCOCC3)nc21. The van der Waals surface area contributed by atoms with E-state index in [-0.39, 0.29) is 5.24 Å².